The Morgan fingerprint density at radius 3 is 2.92 bits per heavy atom. The van der Waals surface area contributed by atoms with Gasteiger partial charge in [0.2, 0.25) is 0 Å². The second-order valence-electron chi connectivity index (χ2n) is 3.98. The van der Waals surface area contributed by atoms with Gasteiger partial charge in [-0.1, -0.05) is 5.16 Å². The van der Waals surface area contributed by atoms with Crippen molar-refractivity contribution in [1.82, 2.24) is 10.1 Å². The molecule has 1 aliphatic heterocycles. The summed E-state index contributed by atoms with van der Waals surface area (Å²) in [5.41, 5.74) is 6.85. The van der Waals surface area contributed by atoms with Crippen molar-refractivity contribution in [2.75, 3.05) is 5.73 Å². The number of rotatable bonds is 1. The van der Waals surface area contributed by atoms with E-state index in [4.69, 9.17) is 10.3 Å². The number of nitrogen functional groups attached to an aromatic ring is 1. The van der Waals surface area contributed by atoms with Crippen molar-refractivity contribution < 1.29 is 4.52 Å². The molecular weight excluding hydrogens is 166 g/mol. The number of nitrogens with zero attached hydrogens (tertiary/aromatic N) is 2. The first-order chi connectivity index (χ1) is 6.27. The van der Waals surface area contributed by atoms with E-state index < -0.39 is 0 Å². The van der Waals surface area contributed by atoms with Crippen LogP contribution in [0.1, 0.15) is 37.1 Å². The minimum Gasteiger partial charge on any atom is -0.381 e. The Balaban J connectivity index is 1.97. The average Bonchev–Trinajstić information content (AvgIpc) is 2.80. The maximum Gasteiger partial charge on any atom is 0.171 e. The first-order valence-corrected chi connectivity index (χ1v) is 4.77. The van der Waals surface area contributed by atoms with Gasteiger partial charge in [-0.2, -0.15) is 0 Å². The van der Waals surface area contributed by atoms with Crippen molar-refractivity contribution in [3.63, 3.8) is 0 Å². The molecule has 0 aromatic carbocycles. The lowest BCUT2D eigenvalue weighted by Crippen LogP contribution is -2.22. The zero-order valence-corrected chi connectivity index (χ0v) is 7.66. The van der Waals surface area contributed by atoms with E-state index in [0.29, 0.717) is 11.9 Å². The predicted octanol–water partition coefficient (Wildman–Crippen LogP) is 1.30. The topological polar surface area (TPSA) is 55.3 Å². The molecule has 13 heavy (non-hydrogen) atoms. The van der Waals surface area contributed by atoms with Gasteiger partial charge >= 0.3 is 0 Å². The van der Waals surface area contributed by atoms with Gasteiger partial charge in [-0.25, -0.2) is 0 Å². The highest BCUT2D eigenvalue weighted by Crippen LogP contribution is 2.43. The number of aromatic nitrogens is 1. The molecule has 0 saturated heterocycles. The predicted molar refractivity (Wildman–Crippen MR) is 47.9 cm³/mol. The third-order valence-electron chi connectivity index (χ3n) is 3.09. The summed E-state index contributed by atoms with van der Waals surface area (Å²) < 4.78 is 5.17. The van der Waals surface area contributed by atoms with Gasteiger partial charge in [0.05, 0.1) is 12.1 Å². The van der Waals surface area contributed by atoms with Crippen LogP contribution in [0.5, 0.6) is 0 Å². The minimum atomic E-state index is 0.397. The Morgan fingerprint density at radius 1 is 1.54 bits per heavy atom. The first kappa shape index (κ1) is 7.38. The number of hydrogen-bond acceptors (Lipinski definition) is 4. The maximum atomic E-state index is 5.73. The summed E-state index contributed by atoms with van der Waals surface area (Å²) in [5, 5.41) is 3.78. The second-order valence-corrected chi connectivity index (χ2v) is 3.98. The van der Waals surface area contributed by atoms with E-state index in [1.807, 2.05) is 0 Å². The number of fused-ring (bicyclic) bond motifs is 1. The number of anilines is 1. The van der Waals surface area contributed by atoms with Crippen LogP contribution >= 0.6 is 0 Å². The molecule has 1 saturated carbocycles. The molecule has 0 spiro atoms. The molecule has 1 aromatic rings. The lowest BCUT2D eigenvalue weighted by molar-refractivity contribution is 0.202. The molecule has 2 heterocycles. The monoisotopic (exact) mass is 179 g/mol. The standard InChI is InChI=1S/C9H13N3O/c1-5-8-7(13-11-9(8)10)4-12(5)6-2-3-6/h5-6H,2-4H2,1H3,(H2,10,11). The van der Waals surface area contributed by atoms with E-state index in [-0.39, 0.29) is 0 Å². The van der Waals surface area contributed by atoms with Crippen LogP contribution in [-0.4, -0.2) is 16.1 Å². The highest BCUT2D eigenvalue weighted by atomic mass is 16.5. The summed E-state index contributed by atoms with van der Waals surface area (Å²) in [6.45, 7) is 3.07. The SMILES string of the molecule is CC1c2c(N)noc2CN1C1CC1. The summed E-state index contributed by atoms with van der Waals surface area (Å²) >= 11 is 0. The van der Waals surface area contributed by atoms with Crippen molar-refractivity contribution in [3.05, 3.63) is 11.3 Å². The van der Waals surface area contributed by atoms with Crippen molar-refractivity contribution in [2.45, 2.75) is 38.4 Å². The molecule has 1 unspecified atom stereocenters. The molecule has 2 aliphatic rings. The third kappa shape index (κ3) is 0.920. The second kappa shape index (κ2) is 2.26. The van der Waals surface area contributed by atoms with E-state index in [0.717, 1.165) is 23.9 Å². The molecule has 1 aliphatic carbocycles. The van der Waals surface area contributed by atoms with E-state index in [2.05, 4.69) is 17.0 Å². The van der Waals surface area contributed by atoms with Crippen LogP contribution in [0.2, 0.25) is 0 Å². The van der Waals surface area contributed by atoms with Crippen LogP contribution in [0.4, 0.5) is 5.82 Å². The van der Waals surface area contributed by atoms with Crippen molar-refractivity contribution in [1.29, 1.82) is 0 Å². The van der Waals surface area contributed by atoms with Gasteiger partial charge < -0.3 is 10.3 Å². The fourth-order valence-electron chi connectivity index (χ4n) is 2.23. The largest absolute Gasteiger partial charge is 0.381 e. The first-order valence-electron chi connectivity index (χ1n) is 4.77. The molecule has 4 heteroatoms. The number of hydrogen-bond donors (Lipinski definition) is 1. The highest BCUT2D eigenvalue weighted by molar-refractivity contribution is 5.45. The van der Waals surface area contributed by atoms with Gasteiger partial charge in [0.1, 0.15) is 0 Å². The normalized spacial score (nSPS) is 27.9. The third-order valence-corrected chi connectivity index (χ3v) is 3.09. The summed E-state index contributed by atoms with van der Waals surface area (Å²) in [6.07, 6.45) is 2.64. The minimum absolute atomic E-state index is 0.397. The van der Waals surface area contributed by atoms with E-state index in [1.54, 1.807) is 0 Å². The zero-order chi connectivity index (χ0) is 9.00. The molecule has 4 nitrogen and oxygen atoms in total. The van der Waals surface area contributed by atoms with Crippen LogP contribution in [0.15, 0.2) is 4.52 Å². The zero-order valence-electron chi connectivity index (χ0n) is 7.66. The molecule has 0 bridgehead atoms. The quantitative estimate of drug-likeness (QED) is 0.706. The smallest absolute Gasteiger partial charge is 0.171 e. The molecule has 3 rings (SSSR count). The molecule has 1 atom stereocenters. The Hall–Kier alpha value is -1.03. The summed E-state index contributed by atoms with van der Waals surface area (Å²) in [6, 6.07) is 1.16. The van der Waals surface area contributed by atoms with Gasteiger partial charge in [0, 0.05) is 12.1 Å². The van der Waals surface area contributed by atoms with E-state index >= 15 is 0 Å². The summed E-state index contributed by atoms with van der Waals surface area (Å²) in [4.78, 5) is 2.45. The van der Waals surface area contributed by atoms with Crippen LogP contribution in [0.3, 0.4) is 0 Å². The maximum absolute atomic E-state index is 5.73. The van der Waals surface area contributed by atoms with Gasteiger partial charge in [-0.15, -0.1) is 0 Å². The average molecular weight is 179 g/mol. The molecule has 0 radical (unpaired) electrons. The van der Waals surface area contributed by atoms with E-state index in [1.165, 1.54) is 12.8 Å². The molecule has 70 valence electrons. The lowest BCUT2D eigenvalue weighted by atomic mass is 10.1. The summed E-state index contributed by atoms with van der Waals surface area (Å²) in [5.74, 6) is 1.54. The van der Waals surface area contributed by atoms with Crippen molar-refractivity contribution in [2.24, 2.45) is 0 Å². The lowest BCUT2D eigenvalue weighted by Gasteiger charge is -2.20. The molecule has 1 aromatic heterocycles. The molecule has 0 amide bonds. The fraction of sp³-hybridized carbons (Fsp3) is 0.667. The van der Waals surface area contributed by atoms with Crippen LogP contribution < -0.4 is 5.73 Å². The summed E-state index contributed by atoms with van der Waals surface area (Å²) in [7, 11) is 0. The Kier molecular flexibility index (Phi) is 1.28. The molecule has 2 N–H and O–H groups in total. The van der Waals surface area contributed by atoms with Gasteiger partial charge in [0.25, 0.3) is 0 Å². The Labute approximate surface area is 76.7 Å². The van der Waals surface area contributed by atoms with Crippen molar-refractivity contribution in [3.8, 4) is 0 Å². The Morgan fingerprint density at radius 2 is 2.31 bits per heavy atom. The van der Waals surface area contributed by atoms with Gasteiger partial charge in [-0.3, -0.25) is 4.90 Å². The van der Waals surface area contributed by atoms with E-state index in [9.17, 15) is 0 Å². The van der Waals surface area contributed by atoms with Crippen molar-refractivity contribution >= 4 is 5.82 Å². The fourth-order valence-corrected chi connectivity index (χ4v) is 2.23. The number of nitrogens with two attached hydrogens (primary N) is 1. The molecule has 1 fully saturated rings. The Bertz CT molecular complexity index is 343. The van der Waals surface area contributed by atoms with Gasteiger partial charge in [-0.05, 0) is 19.8 Å². The highest BCUT2D eigenvalue weighted by Gasteiger charge is 2.41. The van der Waals surface area contributed by atoms with Crippen LogP contribution in [-0.2, 0) is 6.54 Å². The van der Waals surface area contributed by atoms with Crippen LogP contribution in [0, 0.1) is 0 Å². The van der Waals surface area contributed by atoms with Crippen LogP contribution in [0.25, 0.3) is 0 Å². The molecular formula is C9H13N3O. The van der Waals surface area contributed by atoms with Gasteiger partial charge in [0.15, 0.2) is 11.6 Å².